The van der Waals surface area contributed by atoms with Gasteiger partial charge in [-0.05, 0) is 29.8 Å². The van der Waals surface area contributed by atoms with E-state index in [4.69, 9.17) is 16.3 Å². The molecule has 0 aliphatic carbocycles. The molecule has 2 aromatic rings. The summed E-state index contributed by atoms with van der Waals surface area (Å²) in [5.41, 5.74) is 1.91. The lowest BCUT2D eigenvalue weighted by Gasteiger charge is -2.38. The number of para-hydroxylation sites is 2. The smallest absolute Gasteiger partial charge is 0.193 e. The predicted octanol–water partition coefficient (Wildman–Crippen LogP) is 3.13. The molecule has 0 aromatic heterocycles. The summed E-state index contributed by atoms with van der Waals surface area (Å²) >= 11 is 6.10. The van der Waals surface area contributed by atoms with Crippen molar-refractivity contribution in [1.82, 2.24) is 10.2 Å². The molecule has 1 aliphatic rings. The highest BCUT2D eigenvalue weighted by molar-refractivity contribution is 6.30. The highest BCUT2D eigenvalue weighted by atomic mass is 35.5. The lowest BCUT2D eigenvalue weighted by Crippen LogP contribution is -2.53. The van der Waals surface area contributed by atoms with Gasteiger partial charge in [0.25, 0.3) is 0 Å². The Kier molecular flexibility index (Phi) is 7.01. The molecule has 150 valence electrons. The van der Waals surface area contributed by atoms with Crippen molar-refractivity contribution < 1.29 is 9.84 Å². The van der Waals surface area contributed by atoms with Gasteiger partial charge in [0.2, 0.25) is 0 Å². The van der Waals surface area contributed by atoms with Crippen molar-refractivity contribution in [2.24, 2.45) is 4.99 Å². The molecule has 7 heteroatoms. The van der Waals surface area contributed by atoms with Gasteiger partial charge < -0.3 is 25.0 Å². The number of nitrogens with zero attached hydrogens (tertiary/aromatic N) is 3. The monoisotopic (exact) mass is 402 g/mol. The Morgan fingerprint density at radius 1 is 1.18 bits per heavy atom. The Hall–Kier alpha value is -2.44. The third-order valence-electron chi connectivity index (χ3n) is 4.96. The fourth-order valence-corrected chi connectivity index (χ4v) is 3.65. The highest BCUT2D eigenvalue weighted by Crippen LogP contribution is 2.27. The van der Waals surface area contributed by atoms with Crippen molar-refractivity contribution in [3.05, 3.63) is 59.1 Å². The number of aliphatic imine (C=N–C) groups is 1. The number of halogens is 1. The molecule has 1 unspecified atom stereocenters. The molecule has 1 fully saturated rings. The molecule has 0 saturated carbocycles. The first-order valence-corrected chi connectivity index (χ1v) is 9.77. The van der Waals surface area contributed by atoms with Crippen molar-refractivity contribution in [2.75, 3.05) is 51.8 Å². The van der Waals surface area contributed by atoms with E-state index < -0.39 is 0 Å². The van der Waals surface area contributed by atoms with E-state index >= 15 is 0 Å². The van der Waals surface area contributed by atoms with E-state index in [2.05, 4.69) is 20.1 Å². The van der Waals surface area contributed by atoms with Crippen molar-refractivity contribution in [3.63, 3.8) is 0 Å². The van der Waals surface area contributed by atoms with E-state index in [0.717, 1.165) is 43.4 Å². The Morgan fingerprint density at radius 3 is 2.57 bits per heavy atom. The molecule has 0 spiro atoms. The number of benzene rings is 2. The quantitative estimate of drug-likeness (QED) is 0.594. The summed E-state index contributed by atoms with van der Waals surface area (Å²) in [6.45, 7) is 3.88. The molecular formula is C21H27ClN4O2. The summed E-state index contributed by atoms with van der Waals surface area (Å²) in [7, 11) is 3.49. The van der Waals surface area contributed by atoms with E-state index in [1.54, 1.807) is 20.2 Å². The summed E-state index contributed by atoms with van der Waals surface area (Å²) in [5, 5.41) is 14.2. The van der Waals surface area contributed by atoms with E-state index in [1.807, 2.05) is 42.5 Å². The number of guanidine groups is 1. The number of phenols is 1. The molecule has 2 aromatic carbocycles. The molecule has 1 saturated heterocycles. The van der Waals surface area contributed by atoms with Crippen molar-refractivity contribution in [3.8, 4) is 5.75 Å². The minimum Gasteiger partial charge on any atom is -0.506 e. The van der Waals surface area contributed by atoms with Crippen LogP contribution in [0.25, 0.3) is 0 Å². The molecule has 1 atom stereocenters. The van der Waals surface area contributed by atoms with Gasteiger partial charge in [0.1, 0.15) is 5.75 Å². The average Bonchev–Trinajstić information content (AvgIpc) is 2.72. The number of rotatable bonds is 5. The maximum absolute atomic E-state index is 10.1. The van der Waals surface area contributed by atoms with Crippen molar-refractivity contribution >= 4 is 23.2 Å². The summed E-state index contributed by atoms with van der Waals surface area (Å²) in [6, 6.07) is 15.2. The number of methoxy groups -OCH3 is 1. The largest absolute Gasteiger partial charge is 0.506 e. The molecule has 28 heavy (non-hydrogen) atoms. The minimum absolute atomic E-state index is 0.113. The number of hydrogen-bond acceptors (Lipinski definition) is 4. The molecule has 0 radical (unpaired) electrons. The van der Waals surface area contributed by atoms with Crippen LogP contribution in [0.4, 0.5) is 5.69 Å². The zero-order valence-corrected chi connectivity index (χ0v) is 17.1. The fourth-order valence-electron chi connectivity index (χ4n) is 3.45. The maximum Gasteiger partial charge on any atom is 0.193 e. The van der Waals surface area contributed by atoms with Gasteiger partial charge in [0, 0.05) is 51.9 Å². The summed E-state index contributed by atoms with van der Waals surface area (Å²) in [4.78, 5) is 8.85. The highest BCUT2D eigenvalue weighted by Gasteiger charge is 2.22. The van der Waals surface area contributed by atoms with Gasteiger partial charge in [0.15, 0.2) is 5.96 Å². The van der Waals surface area contributed by atoms with Gasteiger partial charge in [-0.2, -0.15) is 0 Å². The van der Waals surface area contributed by atoms with E-state index in [0.29, 0.717) is 17.3 Å². The predicted molar refractivity (Wildman–Crippen MR) is 114 cm³/mol. The van der Waals surface area contributed by atoms with Gasteiger partial charge in [-0.25, -0.2) is 0 Å². The third-order valence-corrected chi connectivity index (χ3v) is 5.20. The molecule has 0 bridgehead atoms. The van der Waals surface area contributed by atoms with Gasteiger partial charge >= 0.3 is 0 Å². The molecule has 2 N–H and O–H groups in total. The average molecular weight is 403 g/mol. The molecule has 6 nitrogen and oxygen atoms in total. The van der Waals surface area contributed by atoms with E-state index in [9.17, 15) is 5.11 Å². The normalized spacial score (nSPS) is 16.2. The van der Waals surface area contributed by atoms with E-state index in [-0.39, 0.29) is 6.10 Å². The number of piperazine rings is 1. The number of nitrogens with one attached hydrogen (secondary N) is 1. The zero-order chi connectivity index (χ0) is 19.9. The molecule has 3 rings (SSSR count). The first-order chi connectivity index (χ1) is 13.6. The number of aromatic hydroxyl groups is 1. The van der Waals surface area contributed by atoms with Gasteiger partial charge in [-0.1, -0.05) is 35.9 Å². The van der Waals surface area contributed by atoms with E-state index in [1.165, 1.54) is 0 Å². The number of hydrogen-bond donors (Lipinski definition) is 2. The number of anilines is 1. The molecular weight excluding hydrogens is 376 g/mol. The standard InChI is InChI=1S/C21H27ClN4O2/c1-23-21(24-15-20(28-2)16-6-5-7-17(22)14-16)26-12-10-25(11-13-26)18-8-3-4-9-19(18)27/h3-9,14,20,27H,10-13,15H2,1-2H3,(H,23,24). The Bertz CT molecular complexity index is 806. The fraction of sp³-hybridized carbons (Fsp3) is 0.381. The van der Waals surface area contributed by atoms with Gasteiger partial charge in [0.05, 0.1) is 11.8 Å². The van der Waals surface area contributed by atoms with Crippen molar-refractivity contribution in [1.29, 1.82) is 0 Å². The second-order valence-electron chi connectivity index (χ2n) is 6.67. The lowest BCUT2D eigenvalue weighted by molar-refractivity contribution is 0.105. The summed E-state index contributed by atoms with van der Waals surface area (Å²) in [5.74, 6) is 1.17. The second kappa shape index (κ2) is 9.66. The van der Waals surface area contributed by atoms with Crippen LogP contribution in [0, 0.1) is 0 Å². The maximum atomic E-state index is 10.1. The topological polar surface area (TPSA) is 60.3 Å². The van der Waals surface area contributed by atoms with Crippen LogP contribution in [0.15, 0.2) is 53.5 Å². The van der Waals surface area contributed by atoms with Crippen LogP contribution in [0.3, 0.4) is 0 Å². The third kappa shape index (κ3) is 4.88. The Labute approximate surface area is 171 Å². The molecule has 1 aliphatic heterocycles. The SMILES string of the molecule is CN=C(NCC(OC)c1cccc(Cl)c1)N1CCN(c2ccccc2O)CC1. The summed E-state index contributed by atoms with van der Waals surface area (Å²) < 4.78 is 5.63. The van der Waals surface area contributed by atoms with Crippen LogP contribution < -0.4 is 10.2 Å². The van der Waals surface area contributed by atoms with Crippen LogP contribution in [-0.4, -0.2) is 62.8 Å². The van der Waals surface area contributed by atoms with Crippen LogP contribution >= 0.6 is 11.6 Å². The first-order valence-electron chi connectivity index (χ1n) is 9.39. The minimum atomic E-state index is -0.113. The zero-order valence-electron chi connectivity index (χ0n) is 16.3. The Balaban J connectivity index is 1.57. The molecule has 1 heterocycles. The van der Waals surface area contributed by atoms with Gasteiger partial charge in [-0.15, -0.1) is 0 Å². The van der Waals surface area contributed by atoms with Crippen LogP contribution in [0.1, 0.15) is 11.7 Å². The van der Waals surface area contributed by atoms with Crippen LogP contribution in [-0.2, 0) is 4.74 Å². The first kappa shape index (κ1) is 20.3. The second-order valence-corrected chi connectivity index (χ2v) is 7.11. The van der Waals surface area contributed by atoms with Crippen LogP contribution in [0.2, 0.25) is 5.02 Å². The lowest BCUT2D eigenvalue weighted by atomic mass is 10.1. The Morgan fingerprint density at radius 2 is 1.93 bits per heavy atom. The van der Waals surface area contributed by atoms with Gasteiger partial charge in [-0.3, -0.25) is 4.99 Å². The van der Waals surface area contributed by atoms with Crippen molar-refractivity contribution in [2.45, 2.75) is 6.10 Å². The number of ether oxygens (including phenoxy) is 1. The number of phenolic OH excluding ortho intramolecular Hbond substituents is 1. The van der Waals surface area contributed by atoms with Crippen LogP contribution in [0.5, 0.6) is 5.75 Å². The molecule has 0 amide bonds. The summed E-state index contributed by atoms with van der Waals surface area (Å²) in [6.07, 6.45) is -0.113.